The smallest absolute Gasteiger partial charge is 0.311 e. The third kappa shape index (κ3) is 4.75. The van der Waals surface area contributed by atoms with Crippen molar-refractivity contribution in [2.75, 3.05) is 13.1 Å². The predicted molar refractivity (Wildman–Crippen MR) is 119 cm³/mol. The van der Waals surface area contributed by atoms with Crippen LogP contribution in [0.1, 0.15) is 42.5 Å². The molecule has 0 aliphatic carbocycles. The SMILES string of the molecule is C=CCn1cc(CN2CCCC(CC3CC(c4ccc(F)cc4)=NO3)(C(=O)O)C2)c(C)n1. The molecular weight excluding hydrogens is 411 g/mol. The van der Waals surface area contributed by atoms with E-state index in [-0.39, 0.29) is 11.9 Å². The fourth-order valence-electron chi connectivity index (χ4n) is 4.76. The monoisotopic (exact) mass is 440 g/mol. The van der Waals surface area contributed by atoms with Gasteiger partial charge in [0.2, 0.25) is 0 Å². The van der Waals surface area contributed by atoms with E-state index in [0.717, 1.165) is 35.5 Å². The van der Waals surface area contributed by atoms with Gasteiger partial charge in [0, 0.05) is 37.7 Å². The number of oxime groups is 1. The second-order valence-corrected chi connectivity index (χ2v) is 8.83. The number of benzene rings is 1. The summed E-state index contributed by atoms with van der Waals surface area (Å²) in [5.74, 6) is -1.10. The zero-order valence-corrected chi connectivity index (χ0v) is 18.3. The number of piperidine rings is 1. The van der Waals surface area contributed by atoms with Gasteiger partial charge in [0.1, 0.15) is 11.9 Å². The van der Waals surface area contributed by atoms with Crippen LogP contribution in [0.15, 0.2) is 48.3 Å². The van der Waals surface area contributed by atoms with Crippen LogP contribution in [-0.2, 0) is 22.7 Å². The van der Waals surface area contributed by atoms with Crippen molar-refractivity contribution in [1.82, 2.24) is 14.7 Å². The first kappa shape index (κ1) is 22.2. The number of hydrogen-bond donors (Lipinski definition) is 1. The lowest BCUT2D eigenvalue weighted by molar-refractivity contribution is -0.156. The Bertz CT molecular complexity index is 1020. The van der Waals surface area contributed by atoms with Gasteiger partial charge in [-0.3, -0.25) is 14.4 Å². The van der Waals surface area contributed by atoms with Crippen LogP contribution in [0.25, 0.3) is 0 Å². The molecule has 2 unspecified atom stereocenters. The van der Waals surface area contributed by atoms with E-state index in [2.05, 4.69) is 21.7 Å². The highest BCUT2D eigenvalue weighted by Crippen LogP contribution is 2.38. The third-order valence-corrected chi connectivity index (χ3v) is 6.40. The van der Waals surface area contributed by atoms with E-state index in [4.69, 9.17) is 4.84 Å². The van der Waals surface area contributed by atoms with Gasteiger partial charge in [0.15, 0.2) is 0 Å². The molecule has 1 aromatic carbocycles. The zero-order valence-electron chi connectivity index (χ0n) is 18.3. The highest BCUT2D eigenvalue weighted by atomic mass is 19.1. The highest BCUT2D eigenvalue weighted by molar-refractivity contribution is 6.01. The molecule has 1 N–H and O–H groups in total. The molecule has 0 bridgehead atoms. The maximum absolute atomic E-state index is 13.2. The number of aryl methyl sites for hydroxylation is 1. The van der Waals surface area contributed by atoms with E-state index in [0.29, 0.717) is 38.9 Å². The Morgan fingerprint density at radius 3 is 2.91 bits per heavy atom. The first-order valence-electron chi connectivity index (χ1n) is 11.0. The lowest BCUT2D eigenvalue weighted by Crippen LogP contribution is -2.49. The molecule has 32 heavy (non-hydrogen) atoms. The number of nitrogens with zero attached hydrogens (tertiary/aromatic N) is 4. The average Bonchev–Trinajstić information content (AvgIpc) is 3.35. The van der Waals surface area contributed by atoms with Gasteiger partial charge in [-0.1, -0.05) is 23.4 Å². The molecule has 170 valence electrons. The van der Waals surface area contributed by atoms with Crippen molar-refractivity contribution in [2.24, 2.45) is 10.6 Å². The molecule has 4 rings (SSSR count). The van der Waals surface area contributed by atoms with Crippen LogP contribution in [0, 0.1) is 18.2 Å². The molecule has 2 aliphatic heterocycles. The molecule has 2 aliphatic rings. The van der Waals surface area contributed by atoms with E-state index >= 15 is 0 Å². The first-order chi connectivity index (χ1) is 15.4. The summed E-state index contributed by atoms with van der Waals surface area (Å²) < 4.78 is 15.1. The summed E-state index contributed by atoms with van der Waals surface area (Å²) in [6.07, 6.45) is 5.84. The van der Waals surface area contributed by atoms with Gasteiger partial charge in [0.25, 0.3) is 0 Å². The highest BCUT2D eigenvalue weighted by Gasteiger charge is 2.45. The summed E-state index contributed by atoms with van der Waals surface area (Å²) in [6.45, 7) is 8.35. The van der Waals surface area contributed by atoms with Crippen LogP contribution in [0.2, 0.25) is 0 Å². The van der Waals surface area contributed by atoms with Crippen molar-refractivity contribution >= 4 is 11.7 Å². The van der Waals surface area contributed by atoms with Crippen LogP contribution in [-0.4, -0.2) is 50.7 Å². The molecule has 7 nitrogen and oxygen atoms in total. The molecule has 3 heterocycles. The number of aromatic nitrogens is 2. The largest absolute Gasteiger partial charge is 0.481 e. The molecular formula is C24H29FN4O3. The molecule has 8 heteroatoms. The third-order valence-electron chi connectivity index (χ3n) is 6.40. The van der Waals surface area contributed by atoms with Gasteiger partial charge in [-0.25, -0.2) is 4.39 Å². The number of aliphatic carboxylic acids is 1. The summed E-state index contributed by atoms with van der Waals surface area (Å²) in [5, 5.41) is 18.9. The average molecular weight is 441 g/mol. The van der Waals surface area contributed by atoms with Gasteiger partial charge < -0.3 is 9.94 Å². The topological polar surface area (TPSA) is 80.0 Å². The number of likely N-dealkylation sites (tertiary alicyclic amines) is 1. The molecule has 0 amide bonds. The molecule has 0 spiro atoms. The number of allylic oxidation sites excluding steroid dienone is 1. The normalized spacial score (nSPS) is 23.6. The van der Waals surface area contributed by atoms with Crippen LogP contribution >= 0.6 is 0 Å². The summed E-state index contributed by atoms with van der Waals surface area (Å²) in [4.78, 5) is 20.2. The Hall–Kier alpha value is -3.00. The molecule has 2 atom stereocenters. The molecule has 1 aromatic heterocycles. The number of carboxylic acids is 1. The van der Waals surface area contributed by atoms with E-state index < -0.39 is 11.4 Å². The molecule has 0 saturated carbocycles. The lowest BCUT2D eigenvalue weighted by Gasteiger charge is -2.40. The number of halogens is 1. The fraction of sp³-hybridized carbons (Fsp3) is 0.458. The van der Waals surface area contributed by atoms with Crippen molar-refractivity contribution in [1.29, 1.82) is 0 Å². The molecule has 2 aromatic rings. The van der Waals surface area contributed by atoms with Crippen LogP contribution in [0.3, 0.4) is 0 Å². The number of hydrogen-bond acceptors (Lipinski definition) is 5. The molecule has 0 radical (unpaired) electrons. The van der Waals surface area contributed by atoms with Gasteiger partial charge in [0.05, 0.1) is 23.4 Å². The summed E-state index contributed by atoms with van der Waals surface area (Å²) >= 11 is 0. The Labute approximate surface area is 187 Å². The van der Waals surface area contributed by atoms with Crippen LogP contribution in [0.5, 0.6) is 0 Å². The summed E-state index contributed by atoms with van der Waals surface area (Å²) in [6, 6.07) is 6.12. The second kappa shape index (κ2) is 9.24. The Morgan fingerprint density at radius 1 is 1.41 bits per heavy atom. The van der Waals surface area contributed by atoms with Crippen molar-refractivity contribution in [2.45, 2.75) is 51.8 Å². The van der Waals surface area contributed by atoms with E-state index in [9.17, 15) is 14.3 Å². The quantitative estimate of drug-likeness (QED) is 0.632. The van der Waals surface area contributed by atoms with E-state index in [1.54, 1.807) is 18.2 Å². The van der Waals surface area contributed by atoms with Crippen molar-refractivity contribution < 1.29 is 19.1 Å². The molecule has 1 fully saturated rings. The van der Waals surface area contributed by atoms with Crippen LogP contribution in [0.4, 0.5) is 4.39 Å². The van der Waals surface area contributed by atoms with Gasteiger partial charge in [-0.15, -0.1) is 6.58 Å². The fourth-order valence-corrected chi connectivity index (χ4v) is 4.76. The Balaban J connectivity index is 1.42. The van der Waals surface area contributed by atoms with Crippen molar-refractivity contribution in [3.63, 3.8) is 0 Å². The summed E-state index contributed by atoms with van der Waals surface area (Å²) in [5.41, 5.74) is 2.70. The Kier molecular flexibility index (Phi) is 6.41. The van der Waals surface area contributed by atoms with Gasteiger partial charge in [-0.2, -0.15) is 5.10 Å². The van der Waals surface area contributed by atoms with Crippen LogP contribution < -0.4 is 0 Å². The Morgan fingerprint density at radius 2 is 2.19 bits per heavy atom. The number of rotatable bonds is 8. The second-order valence-electron chi connectivity index (χ2n) is 8.83. The number of carbonyl (C=O) groups is 1. The van der Waals surface area contributed by atoms with Gasteiger partial charge in [-0.05, 0) is 44.0 Å². The van der Waals surface area contributed by atoms with Crippen molar-refractivity contribution in [3.05, 3.63) is 65.8 Å². The van der Waals surface area contributed by atoms with Crippen molar-refractivity contribution in [3.8, 4) is 0 Å². The summed E-state index contributed by atoms with van der Waals surface area (Å²) in [7, 11) is 0. The maximum Gasteiger partial charge on any atom is 0.311 e. The minimum Gasteiger partial charge on any atom is -0.481 e. The van der Waals surface area contributed by atoms with E-state index in [1.165, 1.54) is 12.1 Å². The first-order valence-corrected chi connectivity index (χ1v) is 11.0. The minimum atomic E-state index is -0.887. The minimum absolute atomic E-state index is 0.303. The standard InChI is InChI=1S/C24H29FN4O3/c1-3-10-29-15-19(17(2)26-29)14-28-11-4-9-24(16-28,23(30)31)13-21-12-22(27-32-21)18-5-7-20(25)8-6-18/h3,5-8,15,21H,1,4,9-14,16H2,2H3,(H,30,31). The zero-order chi connectivity index (χ0) is 22.7. The van der Waals surface area contributed by atoms with Gasteiger partial charge >= 0.3 is 5.97 Å². The number of carboxylic acid groups (broad SMARTS) is 1. The van der Waals surface area contributed by atoms with E-state index in [1.807, 2.05) is 17.8 Å². The lowest BCUT2D eigenvalue weighted by atomic mass is 9.74. The predicted octanol–water partition coefficient (Wildman–Crippen LogP) is 3.77. The maximum atomic E-state index is 13.2. The molecule has 1 saturated heterocycles.